The van der Waals surface area contributed by atoms with E-state index >= 15 is 0 Å². The van der Waals surface area contributed by atoms with E-state index in [2.05, 4.69) is 0 Å². The van der Waals surface area contributed by atoms with Gasteiger partial charge in [-0.2, -0.15) is 0 Å². The minimum absolute atomic E-state index is 0. The van der Waals surface area contributed by atoms with Crippen molar-refractivity contribution in [2.24, 2.45) is 0 Å². The smallest absolute Gasteiger partial charge is 0.441 e. The van der Waals surface area contributed by atoms with Gasteiger partial charge in [0.1, 0.15) is 0 Å². The molecular formula is C9H10O2U. The molecule has 12 heavy (non-hydrogen) atoms. The zero-order chi connectivity index (χ0) is 8.27. The van der Waals surface area contributed by atoms with Crippen molar-refractivity contribution in [2.75, 3.05) is 0 Å². The summed E-state index contributed by atoms with van der Waals surface area (Å²) in [4.78, 5) is 0. The van der Waals surface area contributed by atoms with Crippen LogP contribution in [-0.2, 0) is 0 Å². The molecule has 0 heterocycles. The zero-order valence-electron chi connectivity index (χ0n) is 6.78. The molecule has 0 amide bonds. The molecule has 1 aromatic rings. The molecule has 0 unspecified atom stereocenters. The number of hydrogen-bond donors (Lipinski definition) is 2. The van der Waals surface area contributed by atoms with Gasteiger partial charge in [0.05, 0.1) is 0 Å². The maximum Gasteiger partial charge on any atom is 2.00 e. The van der Waals surface area contributed by atoms with Gasteiger partial charge in [-0.25, -0.2) is 12.1 Å². The summed E-state index contributed by atoms with van der Waals surface area (Å²) in [6.07, 6.45) is 0. The molecule has 0 aliphatic rings. The molecule has 0 aliphatic heterocycles. The van der Waals surface area contributed by atoms with E-state index in [9.17, 15) is 0 Å². The molecule has 1 aromatic carbocycles. The second-order valence-electron chi connectivity index (χ2n) is 2.39. The van der Waals surface area contributed by atoms with Crippen LogP contribution >= 0.6 is 0 Å². The average molecular weight is 388 g/mol. The third-order valence-corrected chi connectivity index (χ3v) is 1.52. The molecule has 0 bridgehead atoms. The van der Waals surface area contributed by atoms with Crippen LogP contribution in [0.3, 0.4) is 0 Å². The molecular weight excluding hydrogens is 378 g/mol. The van der Waals surface area contributed by atoms with Crippen LogP contribution in [0.15, 0.2) is 18.2 Å². The van der Waals surface area contributed by atoms with E-state index in [1.807, 2.05) is 13.0 Å². The number of aryl methyl sites for hydroxylation is 1. The fourth-order valence-electron chi connectivity index (χ4n) is 0.924. The third-order valence-electron chi connectivity index (χ3n) is 1.52. The van der Waals surface area contributed by atoms with Gasteiger partial charge in [-0.3, -0.25) is 11.1 Å². The standard InChI is InChI=1S/C9H10O2.U/c1-7-2-3-8(5-10)9(4-7)6-11;/h2-6,10-11H,1H3;/q-2;+2. The van der Waals surface area contributed by atoms with E-state index in [1.165, 1.54) is 0 Å². The van der Waals surface area contributed by atoms with Crippen molar-refractivity contribution >= 4 is 0 Å². The Morgan fingerprint density at radius 3 is 2.17 bits per heavy atom. The van der Waals surface area contributed by atoms with E-state index in [0.717, 1.165) is 18.8 Å². The first-order valence-electron chi connectivity index (χ1n) is 3.33. The first-order valence-corrected chi connectivity index (χ1v) is 3.33. The SMILES string of the molecule is Cc1ccc([CH-]O)c([CH-]O)c1.[U+2]. The molecule has 0 saturated heterocycles. The second kappa shape index (κ2) is 5.56. The van der Waals surface area contributed by atoms with Gasteiger partial charge in [-0.05, 0) is 0 Å². The Labute approximate surface area is 96.0 Å². The van der Waals surface area contributed by atoms with Crippen LogP contribution in [-0.4, -0.2) is 10.2 Å². The van der Waals surface area contributed by atoms with Crippen LogP contribution < -0.4 is 0 Å². The summed E-state index contributed by atoms with van der Waals surface area (Å²) in [5.41, 5.74) is 2.31. The molecule has 0 fully saturated rings. The van der Waals surface area contributed by atoms with Crippen LogP contribution in [0.2, 0.25) is 0 Å². The summed E-state index contributed by atoms with van der Waals surface area (Å²) in [6.45, 7) is 3.88. The van der Waals surface area contributed by atoms with Gasteiger partial charge in [0.25, 0.3) is 0 Å². The predicted octanol–water partition coefficient (Wildman–Crippen LogP) is 1.76. The number of aliphatic hydroxyl groups is 2. The van der Waals surface area contributed by atoms with Crippen molar-refractivity contribution in [1.82, 2.24) is 0 Å². The van der Waals surface area contributed by atoms with E-state index in [-0.39, 0.29) is 31.1 Å². The van der Waals surface area contributed by atoms with Crippen molar-refractivity contribution in [3.05, 3.63) is 48.1 Å². The van der Waals surface area contributed by atoms with Crippen LogP contribution in [0, 0.1) is 51.3 Å². The van der Waals surface area contributed by atoms with Crippen molar-refractivity contribution in [1.29, 1.82) is 0 Å². The fraction of sp³-hybridized carbons (Fsp3) is 0.111. The molecule has 2 N–H and O–H groups in total. The first-order chi connectivity index (χ1) is 5.27. The van der Waals surface area contributed by atoms with Crippen molar-refractivity contribution in [2.45, 2.75) is 6.92 Å². The van der Waals surface area contributed by atoms with E-state index in [4.69, 9.17) is 10.2 Å². The maximum atomic E-state index is 8.72. The number of benzene rings is 1. The summed E-state index contributed by atoms with van der Waals surface area (Å²) < 4.78 is 0. The van der Waals surface area contributed by atoms with Crippen LogP contribution in [0.5, 0.6) is 0 Å². The maximum absolute atomic E-state index is 8.72. The molecule has 0 aliphatic carbocycles. The monoisotopic (exact) mass is 388 g/mol. The van der Waals surface area contributed by atoms with Gasteiger partial charge in [-0.15, -0.1) is 24.8 Å². The fourth-order valence-corrected chi connectivity index (χ4v) is 0.924. The molecule has 62 valence electrons. The topological polar surface area (TPSA) is 40.5 Å². The molecule has 0 radical (unpaired) electrons. The molecule has 3 heteroatoms. The van der Waals surface area contributed by atoms with Crippen molar-refractivity contribution in [3.8, 4) is 0 Å². The number of hydrogen-bond acceptors (Lipinski definition) is 2. The molecule has 0 saturated carbocycles. The van der Waals surface area contributed by atoms with Gasteiger partial charge in [0.2, 0.25) is 0 Å². The summed E-state index contributed by atoms with van der Waals surface area (Å²) in [5.74, 6) is 0. The van der Waals surface area contributed by atoms with E-state index in [0.29, 0.717) is 11.1 Å². The number of aliphatic hydroxyl groups excluding tert-OH is 2. The zero-order valence-corrected chi connectivity index (χ0v) is 10.9. The summed E-state index contributed by atoms with van der Waals surface area (Å²) in [7, 11) is 0. The van der Waals surface area contributed by atoms with Crippen LogP contribution in [0.4, 0.5) is 0 Å². The Kier molecular flexibility index (Phi) is 5.52. The molecule has 1 rings (SSSR count). The first kappa shape index (κ1) is 11.9. The Morgan fingerprint density at radius 2 is 1.67 bits per heavy atom. The predicted molar refractivity (Wildman–Crippen MR) is 41.9 cm³/mol. The van der Waals surface area contributed by atoms with E-state index in [1.54, 1.807) is 12.1 Å². The van der Waals surface area contributed by atoms with E-state index < -0.39 is 0 Å². The Bertz CT molecular complexity index is 248. The molecule has 0 spiro atoms. The minimum atomic E-state index is 0. The molecule has 0 aromatic heterocycles. The van der Waals surface area contributed by atoms with Crippen LogP contribution in [0.1, 0.15) is 16.7 Å². The number of rotatable bonds is 2. The van der Waals surface area contributed by atoms with Gasteiger partial charge in [-0.1, -0.05) is 6.92 Å². The van der Waals surface area contributed by atoms with Gasteiger partial charge >= 0.3 is 31.1 Å². The Morgan fingerprint density at radius 1 is 1.08 bits per heavy atom. The Balaban J connectivity index is 0.00000121. The quantitative estimate of drug-likeness (QED) is 0.759. The van der Waals surface area contributed by atoms with Crippen LogP contribution in [0.25, 0.3) is 0 Å². The third kappa shape index (κ3) is 2.76. The normalized spacial score (nSPS) is 8.58. The van der Waals surface area contributed by atoms with Crippen molar-refractivity contribution in [3.63, 3.8) is 0 Å². The largest absolute Gasteiger partial charge is 2.00 e. The van der Waals surface area contributed by atoms with Gasteiger partial charge in [0.15, 0.2) is 0 Å². The molecule has 2 nitrogen and oxygen atoms in total. The average Bonchev–Trinajstić information content (AvgIpc) is 2.04. The summed E-state index contributed by atoms with van der Waals surface area (Å²) >= 11 is 0. The Hall–Kier alpha value is -0.0681. The van der Waals surface area contributed by atoms with Crippen molar-refractivity contribution < 1.29 is 41.3 Å². The van der Waals surface area contributed by atoms with Gasteiger partial charge < -0.3 is 10.2 Å². The minimum Gasteiger partial charge on any atom is -0.441 e. The molecule has 0 atom stereocenters. The van der Waals surface area contributed by atoms with Gasteiger partial charge in [0, 0.05) is 0 Å². The summed E-state index contributed by atoms with van der Waals surface area (Å²) in [5, 5.41) is 17.4. The summed E-state index contributed by atoms with van der Waals surface area (Å²) in [6, 6.07) is 5.41. The second-order valence-corrected chi connectivity index (χ2v) is 2.39.